The third-order valence-electron chi connectivity index (χ3n) is 3.55. The summed E-state index contributed by atoms with van der Waals surface area (Å²) in [7, 11) is 1.57. The van der Waals surface area contributed by atoms with Crippen LogP contribution in [0.15, 0.2) is 24.3 Å². The van der Waals surface area contributed by atoms with Gasteiger partial charge < -0.3 is 20.7 Å². The number of hydrogen-bond donors (Lipinski definition) is 2. The molecule has 0 aromatic heterocycles. The summed E-state index contributed by atoms with van der Waals surface area (Å²) in [4.78, 5) is 14.0. The van der Waals surface area contributed by atoms with E-state index in [9.17, 15) is 4.79 Å². The molecule has 1 aromatic rings. The van der Waals surface area contributed by atoms with Gasteiger partial charge in [-0.05, 0) is 25.5 Å². The van der Waals surface area contributed by atoms with Gasteiger partial charge in [-0.25, -0.2) is 0 Å². The lowest BCUT2D eigenvalue weighted by molar-refractivity contribution is -0.123. The van der Waals surface area contributed by atoms with E-state index in [0.29, 0.717) is 19.5 Å². The van der Waals surface area contributed by atoms with Crippen molar-refractivity contribution in [1.29, 1.82) is 0 Å². The van der Waals surface area contributed by atoms with E-state index in [-0.39, 0.29) is 36.8 Å². The molecule has 1 amide bonds. The first kappa shape index (κ1) is 24.2. The van der Waals surface area contributed by atoms with Crippen molar-refractivity contribution in [1.82, 2.24) is 5.32 Å². The third kappa shape index (κ3) is 8.42. The molecule has 0 aliphatic heterocycles. The number of methoxy groups -OCH3 is 1. The van der Waals surface area contributed by atoms with Crippen molar-refractivity contribution in [3.05, 3.63) is 29.8 Å². The first-order valence-electron chi connectivity index (χ1n) is 7.42. The summed E-state index contributed by atoms with van der Waals surface area (Å²) >= 11 is 0. The van der Waals surface area contributed by atoms with Crippen molar-refractivity contribution in [3.8, 4) is 0 Å². The van der Waals surface area contributed by atoms with Gasteiger partial charge in [0.25, 0.3) is 0 Å². The molecule has 0 radical (unpaired) electrons. The lowest BCUT2D eigenvalue weighted by atomic mass is 10.2. The van der Waals surface area contributed by atoms with Crippen molar-refractivity contribution in [3.63, 3.8) is 0 Å². The number of carbonyl (C=O) groups excluding carboxylic acids is 1. The molecule has 23 heavy (non-hydrogen) atoms. The Morgan fingerprint density at radius 1 is 1.35 bits per heavy atom. The van der Waals surface area contributed by atoms with Crippen LogP contribution in [-0.4, -0.2) is 45.3 Å². The number of anilines is 1. The summed E-state index contributed by atoms with van der Waals surface area (Å²) in [6, 6.07) is 8.28. The van der Waals surface area contributed by atoms with E-state index < -0.39 is 0 Å². The van der Waals surface area contributed by atoms with Crippen LogP contribution < -0.4 is 16.0 Å². The van der Waals surface area contributed by atoms with Crippen LogP contribution in [0.25, 0.3) is 0 Å². The summed E-state index contributed by atoms with van der Waals surface area (Å²) in [5.41, 5.74) is 7.97. The van der Waals surface area contributed by atoms with Crippen molar-refractivity contribution in [2.75, 3.05) is 38.2 Å². The zero-order chi connectivity index (χ0) is 15.7. The normalized spacial score (nSPS) is 11.0. The number of hydrogen-bond acceptors (Lipinski definition) is 4. The summed E-state index contributed by atoms with van der Waals surface area (Å²) < 4.78 is 5.11. The molecule has 0 fully saturated rings. The number of amides is 1. The Balaban J connectivity index is 0. The molecular weight excluding hydrogens is 337 g/mol. The average molecular weight is 366 g/mol. The van der Waals surface area contributed by atoms with Crippen LogP contribution in [-0.2, 0) is 9.53 Å². The van der Waals surface area contributed by atoms with E-state index in [1.807, 2.05) is 12.1 Å². The van der Waals surface area contributed by atoms with E-state index in [1.165, 1.54) is 11.3 Å². The van der Waals surface area contributed by atoms with Crippen molar-refractivity contribution < 1.29 is 9.53 Å². The minimum absolute atomic E-state index is 0. The van der Waals surface area contributed by atoms with E-state index in [4.69, 9.17) is 10.5 Å². The van der Waals surface area contributed by atoms with E-state index in [1.54, 1.807) is 7.11 Å². The molecule has 3 N–H and O–H groups in total. The highest BCUT2D eigenvalue weighted by Crippen LogP contribution is 2.18. The fourth-order valence-corrected chi connectivity index (χ4v) is 2.24. The molecule has 0 aliphatic carbocycles. The van der Waals surface area contributed by atoms with Gasteiger partial charge in [-0.15, -0.1) is 24.8 Å². The largest absolute Gasteiger partial charge is 0.380 e. The Hall–Kier alpha value is -1.01. The standard InChI is InChI=1S/C16H27N3O2.2ClH/c1-4-19(15-8-6-5-7-13(15)2)10-9-18-16(20)11-14(12-17)21-3;;/h5-8,14H,4,9-12,17H2,1-3H3,(H,18,20);2*1H. The first-order chi connectivity index (χ1) is 10.1. The number of rotatable bonds is 9. The number of ether oxygens (including phenoxy) is 1. The van der Waals surface area contributed by atoms with Crippen LogP contribution in [0.2, 0.25) is 0 Å². The highest BCUT2D eigenvalue weighted by molar-refractivity contribution is 5.85. The van der Waals surface area contributed by atoms with Crippen LogP contribution in [0.5, 0.6) is 0 Å². The summed E-state index contributed by atoms with van der Waals surface area (Å²) in [6.45, 7) is 6.87. The predicted octanol–water partition coefficient (Wildman–Crippen LogP) is 2.14. The lowest BCUT2D eigenvalue weighted by Gasteiger charge is -2.25. The number of benzene rings is 1. The van der Waals surface area contributed by atoms with Gasteiger partial charge in [-0.2, -0.15) is 0 Å². The van der Waals surface area contributed by atoms with Crippen molar-refractivity contribution in [2.45, 2.75) is 26.4 Å². The smallest absolute Gasteiger partial charge is 0.222 e. The maximum absolute atomic E-state index is 11.8. The van der Waals surface area contributed by atoms with Crippen LogP contribution in [0.4, 0.5) is 5.69 Å². The number of nitrogens with two attached hydrogens (primary N) is 1. The second-order valence-corrected chi connectivity index (χ2v) is 5.01. The Bertz CT molecular complexity index is 443. The fourth-order valence-electron chi connectivity index (χ4n) is 2.24. The van der Waals surface area contributed by atoms with E-state index in [2.05, 4.69) is 36.2 Å². The SMILES string of the molecule is CCN(CCNC(=O)CC(CN)OC)c1ccccc1C.Cl.Cl. The number of nitrogens with one attached hydrogen (secondary N) is 1. The van der Waals surface area contributed by atoms with Gasteiger partial charge in [0.2, 0.25) is 5.91 Å². The molecule has 0 aliphatic rings. The minimum Gasteiger partial charge on any atom is -0.380 e. The van der Waals surface area contributed by atoms with Crippen LogP contribution in [0.3, 0.4) is 0 Å². The molecule has 1 atom stereocenters. The van der Waals surface area contributed by atoms with Gasteiger partial charge in [0.1, 0.15) is 0 Å². The second-order valence-electron chi connectivity index (χ2n) is 5.01. The Morgan fingerprint density at radius 2 is 2.00 bits per heavy atom. The number of aryl methyl sites for hydroxylation is 1. The molecule has 7 heteroatoms. The van der Waals surface area contributed by atoms with Crippen molar-refractivity contribution >= 4 is 36.4 Å². The third-order valence-corrected chi connectivity index (χ3v) is 3.55. The first-order valence-corrected chi connectivity index (χ1v) is 7.42. The number of likely N-dealkylation sites (N-methyl/N-ethyl adjacent to an activating group) is 1. The number of carbonyl (C=O) groups is 1. The number of para-hydroxylation sites is 1. The summed E-state index contributed by atoms with van der Waals surface area (Å²) in [5, 5.41) is 2.92. The van der Waals surface area contributed by atoms with Gasteiger partial charge in [-0.3, -0.25) is 4.79 Å². The lowest BCUT2D eigenvalue weighted by Crippen LogP contribution is -2.37. The van der Waals surface area contributed by atoms with Gasteiger partial charge in [0.15, 0.2) is 0 Å². The van der Waals surface area contributed by atoms with Gasteiger partial charge >= 0.3 is 0 Å². The molecular formula is C16H29Cl2N3O2. The monoisotopic (exact) mass is 365 g/mol. The topological polar surface area (TPSA) is 67.6 Å². The van der Waals surface area contributed by atoms with Crippen molar-refractivity contribution in [2.24, 2.45) is 5.73 Å². The highest BCUT2D eigenvalue weighted by atomic mass is 35.5. The molecule has 1 unspecified atom stereocenters. The molecule has 1 rings (SSSR count). The number of halogens is 2. The van der Waals surface area contributed by atoms with Gasteiger partial charge in [0, 0.05) is 39.0 Å². The van der Waals surface area contributed by atoms with E-state index >= 15 is 0 Å². The molecule has 1 aromatic carbocycles. The van der Waals surface area contributed by atoms with Gasteiger partial charge in [0.05, 0.1) is 12.5 Å². The highest BCUT2D eigenvalue weighted by Gasteiger charge is 2.12. The van der Waals surface area contributed by atoms with Gasteiger partial charge in [-0.1, -0.05) is 18.2 Å². The molecule has 5 nitrogen and oxygen atoms in total. The van der Waals surface area contributed by atoms with E-state index in [0.717, 1.165) is 13.1 Å². The minimum atomic E-state index is -0.205. The molecule has 134 valence electrons. The fraction of sp³-hybridized carbons (Fsp3) is 0.562. The second kappa shape index (κ2) is 13.4. The Kier molecular flexibility index (Phi) is 14.2. The van der Waals surface area contributed by atoms with Crippen LogP contribution in [0, 0.1) is 6.92 Å². The maximum Gasteiger partial charge on any atom is 0.222 e. The van der Waals surface area contributed by atoms with Crippen LogP contribution in [0.1, 0.15) is 18.9 Å². The molecule has 0 saturated heterocycles. The zero-order valence-corrected chi connectivity index (χ0v) is 15.7. The number of nitrogens with zero attached hydrogens (tertiary/aromatic N) is 1. The quantitative estimate of drug-likeness (QED) is 0.703. The molecule has 0 spiro atoms. The maximum atomic E-state index is 11.8. The zero-order valence-electron chi connectivity index (χ0n) is 14.1. The molecule has 0 saturated carbocycles. The predicted molar refractivity (Wildman–Crippen MR) is 101 cm³/mol. The molecule has 0 bridgehead atoms. The summed E-state index contributed by atoms with van der Waals surface area (Å²) in [5.74, 6) is -0.0202. The summed E-state index contributed by atoms with van der Waals surface area (Å²) in [6.07, 6.45) is 0.104. The Morgan fingerprint density at radius 3 is 2.52 bits per heavy atom. The Labute approximate surface area is 151 Å². The molecule has 0 heterocycles. The average Bonchev–Trinajstić information content (AvgIpc) is 2.50. The van der Waals surface area contributed by atoms with Crippen LogP contribution >= 0.6 is 24.8 Å².